The average molecular weight is 662 g/mol. The summed E-state index contributed by atoms with van der Waals surface area (Å²) in [5, 5.41) is 5.04. The molecule has 0 aromatic heterocycles. The molecular weight excluding hydrogens is 627 g/mol. The summed E-state index contributed by atoms with van der Waals surface area (Å²) in [5.74, 6) is 0. The predicted octanol–water partition coefficient (Wildman–Crippen LogP) is 14.0. The first kappa shape index (κ1) is 30.2. The molecule has 52 heavy (non-hydrogen) atoms. The van der Waals surface area contributed by atoms with Crippen molar-refractivity contribution in [2.75, 3.05) is 4.90 Å². The van der Waals surface area contributed by atoms with Crippen LogP contribution < -0.4 is 4.90 Å². The summed E-state index contributed by atoms with van der Waals surface area (Å²) in [6, 6.07) is 73.1. The first-order valence-corrected chi connectivity index (χ1v) is 18.1. The summed E-state index contributed by atoms with van der Waals surface area (Å²) < 4.78 is 0. The Morgan fingerprint density at radius 1 is 0.308 bits per heavy atom. The Balaban J connectivity index is 1.15. The van der Waals surface area contributed by atoms with Gasteiger partial charge in [-0.2, -0.15) is 0 Å². The van der Waals surface area contributed by atoms with E-state index in [4.69, 9.17) is 0 Å². The third-order valence-corrected chi connectivity index (χ3v) is 10.7. The van der Waals surface area contributed by atoms with Gasteiger partial charge in [-0.25, -0.2) is 0 Å². The zero-order valence-corrected chi connectivity index (χ0v) is 28.7. The lowest BCUT2D eigenvalue weighted by Crippen LogP contribution is -2.11. The third kappa shape index (κ3) is 5.10. The number of hydrogen-bond acceptors (Lipinski definition) is 1. The standard InChI is InChI=1S/C51H35N/c1-2-12-37(13-3-1)48-24-10-18-40-34-41-19-11-25-49(51(41)50(40)48)52(42-30-26-38(27-31-42)46-22-8-16-35-14-4-6-20-44(35)46)43-32-28-39(29-33-43)47-23-9-17-36-15-5-7-21-45(36)47/h1-33H,34H2. The van der Waals surface area contributed by atoms with E-state index >= 15 is 0 Å². The van der Waals surface area contributed by atoms with E-state index in [0.717, 1.165) is 17.8 Å². The van der Waals surface area contributed by atoms with Gasteiger partial charge >= 0.3 is 0 Å². The van der Waals surface area contributed by atoms with E-state index in [9.17, 15) is 0 Å². The lowest BCUT2D eigenvalue weighted by molar-refractivity contribution is 1.24. The molecule has 0 fully saturated rings. The normalized spacial score (nSPS) is 11.8. The van der Waals surface area contributed by atoms with E-state index in [-0.39, 0.29) is 0 Å². The molecule has 0 radical (unpaired) electrons. The molecule has 0 aliphatic heterocycles. The molecule has 0 N–H and O–H groups in total. The fourth-order valence-electron chi connectivity index (χ4n) is 8.28. The molecule has 0 spiro atoms. The molecule has 9 aromatic carbocycles. The Bertz CT molecular complexity index is 2610. The van der Waals surface area contributed by atoms with Crippen molar-refractivity contribution in [1.82, 2.24) is 0 Å². The molecule has 1 aliphatic rings. The fraction of sp³-hybridized carbons (Fsp3) is 0.0196. The third-order valence-electron chi connectivity index (χ3n) is 10.7. The minimum Gasteiger partial charge on any atom is -0.310 e. The van der Waals surface area contributed by atoms with Crippen LogP contribution >= 0.6 is 0 Å². The Morgan fingerprint density at radius 2 is 0.750 bits per heavy atom. The number of nitrogens with zero attached hydrogens (tertiary/aromatic N) is 1. The van der Waals surface area contributed by atoms with Gasteiger partial charge in [-0.1, -0.05) is 170 Å². The summed E-state index contributed by atoms with van der Waals surface area (Å²) in [7, 11) is 0. The van der Waals surface area contributed by atoms with Crippen LogP contribution in [0, 0.1) is 0 Å². The summed E-state index contributed by atoms with van der Waals surface area (Å²) >= 11 is 0. The molecule has 244 valence electrons. The highest BCUT2D eigenvalue weighted by Gasteiger charge is 2.28. The summed E-state index contributed by atoms with van der Waals surface area (Å²) in [5.41, 5.74) is 16.3. The predicted molar refractivity (Wildman–Crippen MR) is 221 cm³/mol. The van der Waals surface area contributed by atoms with Crippen molar-refractivity contribution in [3.05, 3.63) is 211 Å². The molecule has 0 heterocycles. The first-order chi connectivity index (χ1) is 25.8. The molecule has 0 atom stereocenters. The maximum absolute atomic E-state index is 2.45. The molecular formula is C51H35N. The van der Waals surface area contributed by atoms with Crippen molar-refractivity contribution < 1.29 is 0 Å². The van der Waals surface area contributed by atoms with Gasteiger partial charge in [0.15, 0.2) is 0 Å². The fourth-order valence-corrected chi connectivity index (χ4v) is 8.28. The molecule has 1 heteroatoms. The molecule has 10 rings (SSSR count). The zero-order valence-electron chi connectivity index (χ0n) is 28.7. The SMILES string of the molecule is c1ccc(-c2cccc3c2-c2c(cccc2N(c2ccc(-c4cccc5ccccc45)cc2)c2ccc(-c4cccc5ccccc45)cc2)C3)cc1. The summed E-state index contributed by atoms with van der Waals surface area (Å²) in [6.45, 7) is 0. The van der Waals surface area contributed by atoms with E-state index in [0.29, 0.717) is 0 Å². The Hall–Kier alpha value is -6.70. The van der Waals surface area contributed by atoms with E-state index < -0.39 is 0 Å². The second-order valence-electron chi connectivity index (χ2n) is 13.7. The van der Waals surface area contributed by atoms with Crippen LogP contribution in [0.15, 0.2) is 200 Å². The van der Waals surface area contributed by atoms with Gasteiger partial charge in [-0.05, 0) is 108 Å². The Kier molecular flexibility index (Phi) is 7.29. The van der Waals surface area contributed by atoms with Crippen LogP contribution in [0.1, 0.15) is 11.1 Å². The molecule has 0 saturated heterocycles. The zero-order chi connectivity index (χ0) is 34.4. The Morgan fingerprint density at radius 3 is 1.35 bits per heavy atom. The Labute approximate surface area is 304 Å². The highest BCUT2D eigenvalue weighted by molar-refractivity contribution is 6.01. The lowest BCUT2D eigenvalue weighted by atomic mass is 9.92. The monoisotopic (exact) mass is 661 g/mol. The van der Waals surface area contributed by atoms with Gasteiger partial charge in [0.25, 0.3) is 0 Å². The highest BCUT2D eigenvalue weighted by Crippen LogP contribution is 2.51. The van der Waals surface area contributed by atoms with E-state index in [1.165, 1.54) is 82.9 Å². The van der Waals surface area contributed by atoms with Crippen LogP contribution in [0.2, 0.25) is 0 Å². The van der Waals surface area contributed by atoms with Gasteiger partial charge < -0.3 is 4.90 Å². The van der Waals surface area contributed by atoms with Crippen LogP contribution in [0.5, 0.6) is 0 Å². The minimum atomic E-state index is 0.924. The highest BCUT2D eigenvalue weighted by atomic mass is 15.1. The largest absolute Gasteiger partial charge is 0.310 e. The van der Waals surface area contributed by atoms with Crippen LogP contribution in [0.4, 0.5) is 17.1 Å². The number of anilines is 3. The summed E-state index contributed by atoms with van der Waals surface area (Å²) in [6.07, 6.45) is 0.924. The van der Waals surface area contributed by atoms with Crippen LogP contribution in [-0.2, 0) is 6.42 Å². The minimum absolute atomic E-state index is 0.924. The van der Waals surface area contributed by atoms with Crippen LogP contribution in [-0.4, -0.2) is 0 Å². The molecule has 0 saturated carbocycles. The molecule has 1 aliphatic carbocycles. The second kappa shape index (κ2) is 12.6. The van der Waals surface area contributed by atoms with Crippen molar-refractivity contribution in [2.24, 2.45) is 0 Å². The van der Waals surface area contributed by atoms with Gasteiger partial charge in [0, 0.05) is 16.9 Å². The van der Waals surface area contributed by atoms with Crippen molar-refractivity contribution >= 4 is 38.6 Å². The smallest absolute Gasteiger partial charge is 0.0543 e. The molecule has 9 aromatic rings. The van der Waals surface area contributed by atoms with Gasteiger partial charge in [-0.15, -0.1) is 0 Å². The number of rotatable bonds is 6. The van der Waals surface area contributed by atoms with E-state index in [1.54, 1.807) is 0 Å². The topological polar surface area (TPSA) is 3.24 Å². The van der Waals surface area contributed by atoms with Gasteiger partial charge in [-0.3, -0.25) is 0 Å². The van der Waals surface area contributed by atoms with E-state index in [1.807, 2.05) is 0 Å². The number of hydrogen-bond donors (Lipinski definition) is 0. The molecule has 0 amide bonds. The lowest BCUT2D eigenvalue weighted by Gasteiger charge is -2.29. The average Bonchev–Trinajstić information content (AvgIpc) is 3.61. The van der Waals surface area contributed by atoms with E-state index in [2.05, 4.69) is 205 Å². The molecule has 1 nitrogen and oxygen atoms in total. The molecule has 0 bridgehead atoms. The van der Waals surface area contributed by atoms with Crippen LogP contribution in [0.3, 0.4) is 0 Å². The van der Waals surface area contributed by atoms with Crippen LogP contribution in [0.25, 0.3) is 66.1 Å². The number of fused-ring (bicyclic) bond motifs is 5. The maximum Gasteiger partial charge on any atom is 0.0543 e. The van der Waals surface area contributed by atoms with Gasteiger partial charge in [0.1, 0.15) is 0 Å². The van der Waals surface area contributed by atoms with Gasteiger partial charge in [0.05, 0.1) is 5.69 Å². The van der Waals surface area contributed by atoms with Crippen molar-refractivity contribution in [2.45, 2.75) is 6.42 Å². The molecule has 0 unspecified atom stereocenters. The van der Waals surface area contributed by atoms with Crippen molar-refractivity contribution in [3.8, 4) is 44.5 Å². The second-order valence-corrected chi connectivity index (χ2v) is 13.7. The quantitative estimate of drug-likeness (QED) is 0.171. The first-order valence-electron chi connectivity index (χ1n) is 18.1. The number of benzene rings is 9. The van der Waals surface area contributed by atoms with Gasteiger partial charge in [0.2, 0.25) is 0 Å². The maximum atomic E-state index is 2.45. The van der Waals surface area contributed by atoms with Crippen molar-refractivity contribution in [3.63, 3.8) is 0 Å². The summed E-state index contributed by atoms with van der Waals surface area (Å²) in [4.78, 5) is 2.45. The van der Waals surface area contributed by atoms with Crippen molar-refractivity contribution in [1.29, 1.82) is 0 Å².